The average molecular weight is 363 g/mol. The number of anilines is 1. The summed E-state index contributed by atoms with van der Waals surface area (Å²) in [6, 6.07) is 17.6. The quantitative estimate of drug-likeness (QED) is 0.626. The van der Waals surface area contributed by atoms with Gasteiger partial charge < -0.3 is 4.90 Å². The molecule has 0 saturated heterocycles. The Hall–Kier alpha value is -1.50. The fraction of sp³-hybridized carbons (Fsp3) is 0.333. The van der Waals surface area contributed by atoms with Crippen LogP contribution in [-0.2, 0) is 10.0 Å². The Morgan fingerprint density at radius 1 is 1.00 bits per heavy atom. The molecule has 1 aliphatic rings. The molecule has 0 aromatic heterocycles. The third-order valence-corrected chi connectivity index (χ3v) is 6.33. The molecule has 1 saturated carbocycles. The number of para-hydroxylation sites is 1. The maximum absolute atomic E-state index is 12.0. The van der Waals surface area contributed by atoms with E-state index in [1.807, 2.05) is 30.3 Å². The summed E-state index contributed by atoms with van der Waals surface area (Å²) in [5.74, 6) is 0.710. The first-order chi connectivity index (χ1) is 11.6. The Labute approximate surface area is 148 Å². The molecule has 0 aliphatic heterocycles. The van der Waals surface area contributed by atoms with Gasteiger partial charge in [-0.2, -0.15) is 0 Å². The van der Waals surface area contributed by atoms with Crippen LogP contribution in [0.25, 0.3) is 0 Å². The van der Waals surface area contributed by atoms with Crippen molar-refractivity contribution >= 4 is 27.5 Å². The lowest BCUT2D eigenvalue weighted by molar-refractivity contribution is 0.595. The van der Waals surface area contributed by atoms with Gasteiger partial charge in [0.25, 0.3) is 0 Å². The number of benzene rings is 2. The molecule has 24 heavy (non-hydrogen) atoms. The van der Waals surface area contributed by atoms with E-state index in [0.717, 1.165) is 18.5 Å². The van der Waals surface area contributed by atoms with Crippen molar-refractivity contribution in [3.8, 4) is 0 Å². The third-order valence-electron chi connectivity index (χ3n) is 4.36. The van der Waals surface area contributed by atoms with Crippen molar-refractivity contribution < 1.29 is 8.42 Å². The van der Waals surface area contributed by atoms with Gasteiger partial charge in [0.05, 0.1) is 11.6 Å². The molecule has 6 heteroatoms. The minimum Gasteiger partial charge on any atom is -0.358 e. The lowest BCUT2D eigenvalue weighted by Crippen LogP contribution is -2.34. The lowest BCUT2D eigenvalue weighted by atomic mass is 10.2. The molecular formula is C18H22N2O2S2. The fourth-order valence-electron chi connectivity index (χ4n) is 3.18. The van der Waals surface area contributed by atoms with Crippen LogP contribution in [0.1, 0.15) is 25.7 Å². The van der Waals surface area contributed by atoms with Crippen molar-refractivity contribution in [1.29, 1.82) is 0 Å². The van der Waals surface area contributed by atoms with E-state index in [0.29, 0.717) is 11.9 Å². The standard InChI is InChI=1S/C18H22N2O2S2/c19-24(21,22)18-13-7-6-12-17(18)20(15-8-4-5-9-15)14-23-16-10-2-1-3-11-16/h1-3,6-7,10-13,15H,4-5,8-9,14H2,(H2,19,21,22). The minimum absolute atomic E-state index is 0.213. The highest BCUT2D eigenvalue weighted by molar-refractivity contribution is 7.99. The number of rotatable bonds is 6. The van der Waals surface area contributed by atoms with Gasteiger partial charge in [-0.05, 0) is 37.1 Å². The van der Waals surface area contributed by atoms with Gasteiger partial charge in [0.15, 0.2) is 0 Å². The van der Waals surface area contributed by atoms with Crippen LogP contribution in [0.2, 0.25) is 0 Å². The van der Waals surface area contributed by atoms with Gasteiger partial charge >= 0.3 is 0 Å². The van der Waals surface area contributed by atoms with Gasteiger partial charge in [-0.25, -0.2) is 13.6 Å². The predicted octanol–water partition coefficient (Wildman–Crippen LogP) is 3.83. The molecule has 2 aromatic carbocycles. The van der Waals surface area contributed by atoms with E-state index in [9.17, 15) is 8.42 Å². The van der Waals surface area contributed by atoms with Crippen LogP contribution in [-0.4, -0.2) is 20.3 Å². The van der Waals surface area contributed by atoms with Gasteiger partial charge in [0.2, 0.25) is 10.0 Å². The second kappa shape index (κ2) is 7.59. The van der Waals surface area contributed by atoms with E-state index < -0.39 is 10.0 Å². The smallest absolute Gasteiger partial charge is 0.240 e. The summed E-state index contributed by atoms with van der Waals surface area (Å²) in [4.78, 5) is 3.60. The predicted molar refractivity (Wildman–Crippen MR) is 99.7 cm³/mol. The highest BCUT2D eigenvalue weighted by Crippen LogP contribution is 2.34. The maximum atomic E-state index is 12.0. The SMILES string of the molecule is NS(=O)(=O)c1ccccc1N(CSc1ccccc1)C1CCCC1. The minimum atomic E-state index is -3.74. The van der Waals surface area contributed by atoms with E-state index in [4.69, 9.17) is 5.14 Å². The van der Waals surface area contributed by atoms with Crippen molar-refractivity contribution in [2.24, 2.45) is 5.14 Å². The van der Waals surface area contributed by atoms with Gasteiger partial charge in [-0.3, -0.25) is 0 Å². The van der Waals surface area contributed by atoms with E-state index >= 15 is 0 Å². The molecule has 0 atom stereocenters. The fourth-order valence-corrected chi connectivity index (χ4v) is 4.92. The molecule has 3 rings (SSSR count). The monoisotopic (exact) mass is 362 g/mol. The highest BCUT2D eigenvalue weighted by Gasteiger charge is 2.26. The zero-order valence-corrected chi connectivity index (χ0v) is 15.1. The molecule has 1 fully saturated rings. The van der Waals surface area contributed by atoms with Crippen molar-refractivity contribution in [3.05, 3.63) is 54.6 Å². The largest absolute Gasteiger partial charge is 0.358 e. The molecule has 0 amide bonds. The van der Waals surface area contributed by atoms with Crippen molar-refractivity contribution in [3.63, 3.8) is 0 Å². The average Bonchev–Trinajstić information content (AvgIpc) is 3.10. The second-order valence-electron chi connectivity index (χ2n) is 6.01. The molecule has 0 heterocycles. The first-order valence-electron chi connectivity index (χ1n) is 8.12. The highest BCUT2D eigenvalue weighted by atomic mass is 32.2. The van der Waals surface area contributed by atoms with Crippen LogP contribution in [0.15, 0.2) is 64.4 Å². The van der Waals surface area contributed by atoms with E-state index in [1.54, 1.807) is 23.9 Å². The molecule has 0 bridgehead atoms. The molecule has 0 radical (unpaired) electrons. The van der Waals surface area contributed by atoms with E-state index in [1.165, 1.54) is 17.7 Å². The molecular weight excluding hydrogens is 340 g/mol. The Balaban J connectivity index is 1.91. The second-order valence-corrected chi connectivity index (χ2v) is 8.56. The van der Waals surface area contributed by atoms with Gasteiger partial charge in [-0.1, -0.05) is 43.2 Å². The molecule has 0 spiro atoms. The lowest BCUT2D eigenvalue weighted by Gasteiger charge is -2.32. The zero-order chi connectivity index (χ0) is 17.0. The van der Waals surface area contributed by atoms with Gasteiger partial charge in [-0.15, -0.1) is 11.8 Å². The van der Waals surface area contributed by atoms with Crippen LogP contribution in [0.5, 0.6) is 0 Å². The van der Waals surface area contributed by atoms with Crippen molar-refractivity contribution in [2.75, 3.05) is 10.8 Å². The van der Waals surface area contributed by atoms with Crippen LogP contribution < -0.4 is 10.0 Å². The number of nitrogens with zero attached hydrogens (tertiary/aromatic N) is 1. The Kier molecular flexibility index (Phi) is 5.48. The third kappa shape index (κ3) is 4.12. The molecule has 128 valence electrons. The van der Waals surface area contributed by atoms with Crippen LogP contribution in [0.4, 0.5) is 5.69 Å². The van der Waals surface area contributed by atoms with E-state index in [2.05, 4.69) is 17.0 Å². The van der Waals surface area contributed by atoms with Gasteiger partial charge in [0, 0.05) is 10.9 Å². The summed E-state index contributed by atoms with van der Waals surface area (Å²) >= 11 is 1.72. The van der Waals surface area contributed by atoms with Crippen LogP contribution in [0, 0.1) is 0 Å². The van der Waals surface area contributed by atoms with Gasteiger partial charge in [0.1, 0.15) is 4.90 Å². The first kappa shape index (κ1) is 17.3. The summed E-state index contributed by atoms with van der Waals surface area (Å²) < 4.78 is 24.0. The Morgan fingerprint density at radius 2 is 1.62 bits per heavy atom. The van der Waals surface area contributed by atoms with E-state index in [-0.39, 0.29) is 4.90 Å². The Bertz CT molecular complexity index is 773. The summed E-state index contributed by atoms with van der Waals surface area (Å²) in [6.45, 7) is 0. The zero-order valence-electron chi connectivity index (χ0n) is 13.5. The molecule has 2 N–H and O–H groups in total. The summed E-state index contributed by atoms with van der Waals surface area (Å²) in [6.07, 6.45) is 4.56. The first-order valence-corrected chi connectivity index (χ1v) is 10.7. The van der Waals surface area contributed by atoms with Crippen LogP contribution >= 0.6 is 11.8 Å². The normalized spacial score (nSPS) is 15.5. The molecule has 2 aromatic rings. The number of primary sulfonamides is 1. The molecule has 0 unspecified atom stereocenters. The Morgan fingerprint density at radius 3 is 2.29 bits per heavy atom. The number of thioether (sulfide) groups is 1. The number of nitrogens with two attached hydrogens (primary N) is 1. The number of sulfonamides is 1. The summed E-state index contributed by atoms with van der Waals surface area (Å²) in [7, 11) is -3.74. The summed E-state index contributed by atoms with van der Waals surface area (Å²) in [5.41, 5.74) is 0.718. The topological polar surface area (TPSA) is 63.4 Å². The molecule has 4 nitrogen and oxygen atoms in total. The summed E-state index contributed by atoms with van der Waals surface area (Å²) in [5, 5.41) is 5.44. The van der Waals surface area contributed by atoms with Crippen LogP contribution in [0.3, 0.4) is 0 Å². The van der Waals surface area contributed by atoms with Crippen molar-refractivity contribution in [1.82, 2.24) is 0 Å². The molecule has 1 aliphatic carbocycles. The van der Waals surface area contributed by atoms with Crippen molar-refractivity contribution in [2.45, 2.75) is 41.5 Å². The number of hydrogen-bond donors (Lipinski definition) is 1. The maximum Gasteiger partial charge on any atom is 0.240 e. The number of hydrogen-bond acceptors (Lipinski definition) is 4.